The van der Waals surface area contributed by atoms with Crippen molar-refractivity contribution in [3.05, 3.63) is 0 Å². The number of amidine groups is 1. The highest BCUT2D eigenvalue weighted by Gasteiger charge is 2.59. The second kappa shape index (κ2) is 13.6. The van der Waals surface area contributed by atoms with Gasteiger partial charge in [0.25, 0.3) is 6.02 Å². The minimum Gasteiger partial charge on any atom is -0.459 e. The van der Waals surface area contributed by atoms with Crippen molar-refractivity contribution in [2.75, 3.05) is 26.9 Å². The van der Waals surface area contributed by atoms with E-state index in [1.54, 1.807) is 0 Å². The Balaban J connectivity index is 1.57. The number of nitrogens with zero attached hydrogens (tertiary/aromatic N) is 1. The van der Waals surface area contributed by atoms with E-state index in [0.717, 1.165) is 6.92 Å². The fourth-order valence-electron chi connectivity index (χ4n) is 5.88. The zero-order valence-corrected chi connectivity index (χ0v) is 23.2. The molecule has 0 aromatic carbocycles. The quantitative estimate of drug-likeness (QED) is 0.117. The summed E-state index contributed by atoms with van der Waals surface area (Å²) >= 11 is 0. The van der Waals surface area contributed by atoms with Gasteiger partial charge in [0.2, 0.25) is 11.8 Å². The van der Waals surface area contributed by atoms with E-state index in [1.165, 1.54) is 14.0 Å². The summed E-state index contributed by atoms with van der Waals surface area (Å²) in [5, 5.41) is 81.0. The van der Waals surface area contributed by atoms with Gasteiger partial charge in [-0.25, -0.2) is 4.99 Å². The summed E-state index contributed by atoms with van der Waals surface area (Å²) in [6, 6.07) is -3.21. The molecular formula is C24H40N4O14. The zero-order valence-electron chi connectivity index (χ0n) is 23.2. The van der Waals surface area contributed by atoms with Gasteiger partial charge in [-0.2, -0.15) is 0 Å². The predicted octanol–water partition coefficient (Wildman–Crippen LogP) is -6.39. The molecule has 240 valence electrons. The molecule has 18 heteroatoms. The monoisotopic (exact) mass is 608 g/mol. The number of hydrogen-bond donors (Lipinski definition) is 10. The van der Waals surface area contributed by atoms with Crippen LogP contribution < -0.4 is 16.0 Å². The Morgan fingerprint density at radius 3 is 1.88 bits per heavy atom. The van der Waals surface area contributed by atoms with Crippen molar-refractivity contribution in [2.45, 2.75) is 99.5 Å². The van der Waals surface area contributed by atoms with Gasteiger partial charge in [-0.15, -0.1) is 0 Å². The third-order valence-electron chi connectivity index (χ3n) is 7.91. The smallest absolute Gasteiger partial charge is 0.285 e. The molecule has 3 heterocycles. The molecule has 18 nitrogen and oxygen atoms in total. The average molecular weight is 609 g/mol. The number of nitrogens with one attached hydrogen (secondary N) is 3. The number of carbonyl (C=O) groups is 2. The number of amides is 2. The molecule has 5 unspecified atom stereocenters. The third-order valence-corrected chi connectivity index (χ3v) is 7.91. The van der Waals surface area contributed by atoms with Crippen molar-refractivity contribution in [1.29, 1.82) is 0 Å². The van der Waals surface area contributed by atoms with Crippen LogP contribution in [-0.2, 0) is 33.3 Å². The van der Waals surface area contributed by atoms with Crippen LogP contribution in [0.5, 0.6) is 0 Å². The van der Waals surface area contributed by atoms with Gasteiger partial charge in [-0.1, -0.05) is 0 Å². The van der Waals surface area contributed by atoms with Crippen molar-refractivity contribution in [1.82, 2.24) is 16.0 Å². The average Bonchev–Trinajstić information content (AvgIpc) is 3.48. The first-order valence-corrected chi connectivity index (χ1v) is 13.6. The molecule has 2 amide bonds. The number of rotatable bonds is 9. The van der Waals surface area contributed by atoms with Crippen molar-refractivity contribution in [2.24, 2.45) is 10.9 Å². The molecule has 4 rings (SSSR count). The van der Waals surface area contributed by atoms with E-state index in [4.69, 9.17) is 23.7 Å². The summed E-state index contributed by atoms with van der Waals surface area (Å²) in [4.78, 5) is 27.8. The summed E-state index contributed by atoms with van der Waals surface area (Å²) in [5.74, 6) is -1.98. The maximum atomic E-state index is 12.1. The fourth-order valence-corrected chi connectivity index (χ4v) is 5.88. The van der Waals surface area contributed by atoms with Gasteiger partial charge in [-0.3, -0.25) is 9.59 Å². The van der Waals surface area contributed by atoms with Crippen LogP contribution in [0.1, 0.15) is 13.8 Å². The number of ether oxygens (including phenoxy) is 5. The molecule has 42 heavy (non-hydrogen) atoms. The molecule has 1 saturated carbocycles. The molecule has 3 aliphatic heterocycles. The summed E-state index contributed by atoms with van der Waals surface area (Å²) in [7, 11) is 1.49. The maximum absolute atomic E-state index is 12.1. The van der Waals surface area contributed by atoms with Gasteiger partial charge in [0.1, 0.15) is 60.9 Å². The summed E-state index contributed by atoms with van der Waals surface area (Å²) in [5.41, 5.74) is 0. The van der Waals surface area contributed by atoms with E-state index < -0.39 is 123 Å². The minimum absolute atomic E-state index is 0.185. The topological polar surface area (TPSA) is 270 Å². The number of aliphatic imine (C=N–C) groups is 1. The van der Waals surface area contributed by atoms with Gasteiger partial charge in [-0.05, 0) is 0 Å². The summed E-state index contributed by atoms with van der Waals surface area (Å²) < 4.78 is 29.1. The predicted molar refractivity (Wildman–Crippen MR) is 136 cm³/mol. The molecule has 0 aromatic heterocycles. The van der Waals surface area contributed by atoms with Crippen LogP contribution in [-0.4, -0.2) is 166 Å². The number of aliphatic hydroxyl groups excluding tert-OH is 7. The van der Waals surface area contributed by atoms with Crippen LogP contribution >= 0.6 is 0 Å². The zero-order chi connectivity index (χ0) is 30.9. The second-order valence-corrected chi connectivity index (χ2v) is 10.7. The van der Waals surface area contributed by atoms with Crippen molar-refractivity contribution in [3.8, 4) is 0 Å². The molecular weight excluding hydrogens is 568 g/mol. The van der Waals surface area contributed by atoms with E-state index in [9.17, 15) is 45.3 Å². The molecule has 15 atom stereocenters. The highest BCUT2D eigenvalue weighted by Crippen LogP contribution is 2.38. The molecule has 4 fully saturated rings. The van der Waals surface area contributed by atoms with Gasteiger partial charge < -0.3 is 75.4 Å². The van der Waals surface area contributed by atoms with Crippen LogP contribution in [0.3, 0.4) is 0 Å². The lowest BCUT2D eigenvalue weighted by Gasteiger charge is -2.48. The molecule has 0 aromatic rings. The second-order valence-electron chi connectivity index (χ2n) is 10.7. The lowest BCUT2D eigenvalue weighted by atomic mass is 9.94. The van der Waals surface area contributed by atoms with Gasteiger partial charge in [0, 0.05) is 20.9 Å². The lowest BCUT2D eigenvalue weighted by molar-refractivity contribution is -0.339. The standard InChI is InChI=1S/C24H40N4O14/c1-7(32)26-13-16(35)15(34)10(5-30)38-22(13)41-21-11(6-31)39-23(14(18(21)37)27-8(2)33)40-20-9(4-29)19-12(17(20)36)28-24(25-3)42-19/h9-23,29-31,34-37H,4-6H2,1-3H3,(H,25,28)(H,26,32)(H,27,33)/t9?,10-,11-,12?,13-,14-,15-,16+,17?,18+,19?,20?,21-,22+,23+/m1/s1. The molecule has 10 N–H and O–H groups in total. The van der Waals surface area contributed by atoms with Crippen LogP contribution in [0.25, 0.3) is 0 Å². The van der Waals surface area contributed by atoms with Gasteiger partial charge >= 0.3 is 0 Å². The van der Waals surface area contributed by atoms with Gasteiger partial charge in [0.15, 0.2) is 12.6 Å². The number of aliphatic hydroxyl groups is 7. The van der Waals surface area contributed by atoms with Crippen LogP contribution in [0.15, 0.2) is 4.99 Å². The Morgan fingerprint density at radius 2 is 1.36 bits per heavy atom. The van der Waals surface area contributed by atoms with E-state index in [2.05, 4.69) is 20.9 Å². The molecule has 1 aliphatic carbocycles. The summed E-state index contributed by atoms with van der Waals surface area (Å²) in [6.45, 7) is 0.404. The normalized spacial score (nSPS) is 46.0. The van der Waals surface area contributed by atoms with Crippen molar-refractivity contribution < 1.29 is 69.0 Å². The molecule has 0 bridgehead atoms. The minimum atomic E-state index is -1.67. The lowest BCUT2D eigenvalue weighted by Crippen LogP contribution is -2.69. The van der Waals surface area contributed by atoms with E-state index in [-0.39, 0.29) is 6.02 Å². The Hall–Kier alpha value is -2.23. The van der Waals surface area contributed by atoms with E-state index >= 15 is 0 Å². The first kappa shape index (κ1) is 32.7. The highest BCUT2D eigenvalue weighted by atomic mass is 16.7. The molecule has 4 aliphatic rings. The first-order chi connectivity index (χ1) is 19.9. The molecule has 0 radical (unpaired) electrons. The Bertz CT molecular complexity index is 991. The molecule has 0 spiro atoms. The fraction of sp³-hybridized carbons (Fsp3) is 0.875. The molecule has 3 saturated heterocycles. The van der Waals surface area contributed by atoms with E-state index in [1.807, 2.05) is 0 Å². The third kappa shape index (κ3) is 6.34. The van der Waals surface area contributed by atoms with E-state index in [0.29, 0.717) is 0 Å². The Morgan fingerprint density at radius 1 is 0.810 bits per heavy atom. The highest BCUT2D eigenvalue weighted by molar-refractivity contribution is 5.76. The number of hydrogen-bond acceptors (Lipinski definition) is 15. The van der Waals surface area contributed by atoms with Crippen LogP contribution in [0.4, 0.5) is 0 Å². The van der Waals surface area contributed by atoms with Crippen LogP contribution in [0, 0.1) is 5.92 Å². The van der Waals surface area contributed by atoms with Crippen LogP contribution in [0.2, 0.25) is 0 Å². The Labute approximate surface area is 240 Å². The SMILES string of the molecule is CN=C1NC2C(O)C(O[C@@H]3O[C@H](CO)[C@@H](O[C@@H]4O[C@H](CO)[C@@H](O)[C@@H](O)[C@H]4NC(C)=O)[C@@H](O)[C@H]3NC(C)=O)C(CO)C2O1. The number of fused-ring (bicyclic) bond motifs is 1. The number of carbonyl (C=O) groups excluding carboxylic acids is 2. The van der Waals surface area contributed by atoms with Crippen molar-refractivity contribution >= 4 is 17.8 Å². The maximum Gasteiger partial charge on any atom is 0.285 e. The first-order valence-electron chi connectivity index (χ1n) is 13.6. The summed E-state index contributed by atoms with van der Waals surface area (Å²) in [6.07, 6.45) is -15.1. The largest absolute Gasteiger partial charge is 0.459 e. The Kier molecular flexibility index (Phi) is 10.6. The van der Waals surface area contributed by atoms with Crippen molar-refractivity contribution in [3.63, 3.8) is 0 Å². The van der Waals surface area contributed by atoms with Gasteiger partial charge in [0.05, 0.1) is 37.9 Å².